The first-order valence-corrected chi connectivity index (χ1v) is 7.78. The number of benzene rings is 2. The Morgan fingerprint density at radius 3 is 2.35 bits per heavy atom. The molecule has 0 bridgehead atoms. The van der Waals surface area contributed by atoms with Gasteiger partial charge in [0.15, 0.2) is 0 Å². The van der Waals surface area contributed by atoms with Crippen LogP contribution >= 0.6 is 0 Å². The lowest BCUT2D eigenvalue weighted by Crippen LogP contribution is -2.46. The normalized spacial score (nSPS) is 16.3. The van der Waals surface area contributed by atoms with Crippen molar-refractivity contribution in [3.8, 4) is 22.8 Å². The lowest BCUT2D eigenvalue weighted by molar-refractivity contribution is -0.184. The van der Waals surface area contributed by atoms with E-state index < -0.39 is 17.3 Å². The van der Waals surface area contributed by atoms with Crippen LogP contribution in [0.3, 0.4) is 0 Å². The van der Waals surface area contributed by atoms with Crippen molar-refractivity contribution in [1.29, 1.82) is 0 Å². The summed E-state index contributed by atoms with van der Waals surface area (Å²) < 4.78 is 48.2. The van der Waals surface area contributed by atoms with E-state index in [4.69, 9.17) is 9.26 Å². The third kappa shape index (κ3) is 2.97. The first-order valence-electron chi connectivity index (χ1n) is 7.78. The largest absolute Gasteiger partial charge is 0.416 e. The summed E-state index contributed by atoms with van der Waals surface area (Å²) in [6, 6.07) is 11.5. The second-order valence-electron chi connectivity index (χ2n) is 6.10. The molecule has 0 spiro atoms. The van der Waals surface area contributed by atoms with Crippen molar-refractivity contribution in [2.75, 3.05) is 13.2 Å². The number of hydrogen-bond acceptors (Lipinski definition) is 5. The molecule has 134 valence electrons. The Balaban J connectivity index is 1.61. The van der Waals surface area contributed by atoms with Crippen molar-refractivity contribution >= 4 is 0 Å². The molecule has 0 saturated carbocycles. The quantitative estimate of drug-likeness (QED) is 0.770. The van der Waals surface area contributed by atoms with Gasteiger partial charge in [0, 0.05) is 11.1 Å². The summed E-state index contributed by atoms with van der Waals surface area (Å²) in [7, 11) is 0. The van der Waals surface area contributed by atoms with E-state index in [-0.39, 0.29) is 24.9 Å². The highest BCUT2D eigenvalue weighted by Gasteiger charge is 2.38. The molecule has 2 aromatic carbocycles. The Bertz CT molecular complexity index is 931. The van der Waals surface area contributed by atoms with E-state index in [1.807, 2.05) is 0 Å². The summed E-state index contributed by atoms with van der Waals surface area (Å²) in [6.07, 6.45) is -4.40. The van der Waals surface area contributed by atoms with Gasteiger partial charge >= 0.3 is 6.18 Å². The highest BCUT2D eigenvalue weighted by atomic mass is 19.4. The van der Waals surface area contributed by atoms with E-state index in [1.54, 1.807) is 24.3 Å². The average Bonchev–Trinajstić information content (AvgIpc) is 3.09. The third-order valence-corrected chi connectivity index (χ3v) is 4.23. The van der Waals surface area contributed by atoms with Crippen molar-refractivity contribution in [3.63, 3.8) is 0 Å². The maximum atomic E-state index is 12.6. The standard InChI is InChI=1S/C18H13F3N2O3/c19-18(20,21)13-6-4-11(5-7-13)15-22-16(26-23-15)12-2-1-3-14(8-12)17(24)9-25-10-17/h1-8,24H,9-10H2. The first-order chi connectivity index (χ1) is 12.4. The van der Waals surface area contributed by atoms with Crippen LogP contribution in [0.1, 0.15) is 11.1 Å². The topological polar surface area (TPSA) is 68.4 Å². The predicted octanol–water partition coefficient (Wildman–Crippen LogP) is 3.64. The highest BCUT2D eigenvalue weighted by Crippen LogP contribution is 2.33. The summed E-state index contributed by atoms with van der Waals surface area (Å²) in [5.41, 5.74) is -0.0699. The SMILES string of the molecule is OC1(c2cccc(-c3nc(-c4ccc(C(F)(F)F)cc4)no3)c2)COC1. The van der Waals surface area contributed by atoms with Crippen LogP contribution in [-0.4, -0.2) is 28.5 Å². The van der Waals surface area contributed by atoms with E-state index in [0.29, 0.717) is 16.7 Å². The molecule has 0 radical (unpaired) electrons. The number of hydrogen-bond donors (Lipinski definition) is 1. The Morgan fingerprint density at radius 1 is 1.00 bits per heavy atom. The molecule has 8 heteroatoms. The highest BCUT2D eigenvalue weighted by molar-refractivity contribution is 5.61. The Morgan fingerprint density at radius 2 is 1.73 bits per heavy atom. The minimum atomic E-state index is -4.40. The molecule has 4 rings (SSSR count). The van der Waals surface area contributed by atoms with Gasteiger partial charge in [0.25, 0.3) is 5.89 Å². The molecule has 1 aliphatic heterocycles. The molecule has 1 N–H and O–H groups in total. The molecule has 1 fully saturated rings. The van der Waals surface area contributed by atoms with Gasteiger partial charge in [-0.15, -0.1) is 0 Å². The predicted molar refractivity (Wildman–Crippen MR) is 84.9 cm³/mol. The van der Waals surface area contributed by atoms with Crippen LogP contribution in [0.5, 0.6) is 0 Å². The molecule has 0 amide bonds. The van der Waals surface area contributed by atoms with Gasteiger partial charge in [0.2, 0.25) is 5.82 Å². The average molecular weight is 362 g/mol. The maximum Gasteiger partial charge on any atom is 0.416 e. The lowest BCUT2D eigenvalue weighted by Gasteiger charge is -2.36. The van der Waals surface area contributed by atoms with Gasteiger partial charge in [-0.25, -0.2) is 0 Å². The molecule has 1 saturated heterocycles. The smallest absolute Gasteiger partial charge is 0.380 e. The van der Waals surface area contributed by atoms with Gasteiger partial charge in [0.1, 0.15) is 5.60 Å². The van der Waals surface area contributed by atoms with Crippen molar-refractivity contribution < 1.29 is 27.5 Å². The van der Waals surface area contributed by atoms with E-state index in [0.717, 1.165) is 12.1 Å². The monoisotopic (exact) mass is 362 g/mol. The molecule has 26 heavy (non-hydrogen) atoms. The summed E-state index contributed by atoms with van der Waals surface area (Å²) >= 11 is 0. The summed E-state index contributed by atoms with van der Waals surface area (Å²) in [6.45, 7) is 0.439. The molecule has 0 aliphatic carbocycles. The van der Waals surface area contributed by atoms with Crippen LogP contribution in [0, 0.1) is 0 Å². The number of aliphatic hydroxyl groups is 1. The Hall–Kier alpha value is -2.71. The third-order valence-electron chi connectivity index (χ3n) is 4.23. The molecular weight excluding hydrogens is 349 g/mol. The van der Waals surface area contributed by atoms with Gasteiger partial charge in [-0.05, 0) is 29.8 Å². The van der Waals surface area contributed by atoms with Crippen LogP contribution in [0.15, 0.2) is 53.1 Å². The maximum absolute atomic E-state index is 12.6. The van der Waals surface area contributed by atoms with Crippen LogP contribution in [0.25, 0.3) is 22.8 Å². The molecule has 2 heterocycles. The summed E-state index contributed by atoms with van der Waals surface area (Å²) in [4.78, 5) is 4.24. The zero-order valence-corrected chi connectivity index (χ0v) is 13.3. The minimum absolute atomic E-state index is 0.185. The molecule has 0 unspecified atom stereocenters. The van der Waals surface area contributed by atoms with E-state index in [1.165, 1.54) is 12.1 Å². The number of nitrogens with zero attached hydrogens (tertiary/aromatic N) is 2. The lowest BCUT2D eigenvalue weighted by atomic mass is 9.91. The van der Waals surface area contributed by atoms with Gasteiger partial charge in [0.05, 0.1) is 18.8 Å². The van der Waals surface area contributed by atoms with Crippen molar-refractivity contribution in [2.24, 2.45) is 0 Å². The van der Waals surface area contributed by atoms with E-state index in [9.17, 15) is 18.3 Å². The zero-order chi connectivity index (χ0) is 18.4. The first kappa shape index (κ1) is 16.7. The fraction of sp³-hybridized carbons (Fsp3) is 0.222. The van der Waals surface area contributed by atoms with Crippen molar-refractivity contribution in [3.05, 3.63) is 59.7 Å². The molecule has 1 aliphatic rings. The molecule has 5 nitrogen and oxygen atoms in total. The Kier molecular flexibility index (Phi) is 3.82. The minimum Gasteiger partial charge on any atom is -0.380 e. The molecule has 3 aromatic rings. The van der Waals surface area contributed by atoms with Crippen LogP contribution in [0.2, 0.25) is 0 Å². The summed E-state index contributed by atoms with van der Waals surface area (Å²) in [5, 5.41) is 14.2. The molecule has 0 atom stereocenters. The number of aromatic nitrogens is 2. The van der Waals surface area contributed by atoms with E-state index in [2.05, 4.69) is 10.1 Å². The van der Waals surface area contributed by atoms with Crippen LogP contribution < -0.4 is 0 Å². The number of alkyl halides is 3. The fourth-order valence-corrected chi connectivity index (χ4v) is 2.67. The zero-order valence-electron chi connectivity index (χ0n) is 13.3. The van der Waals surface area contributed by atoms with Gasteiger partial charge in [-0.1, -0.05) is 29.4 Å². The summed E-state index contributed by atoms with van der Waals surface area (Å²) in [5.74, 6) is 0.399. The van der Waals surface area contributed by atoms with Crippen molar-refractivity contribution in [2.45, 2.75) is 11.8 Å². The van der Waals surface area contributed by atoms with Crippen LogP contribution in [-0.2, 0) is 16.5 Å². The van der Waals surface area contributed by atoms with Gasteiger partial charge in [-0.3, -0.25) is 0 Å². The molecular formula is C18H13F3N2O3. The fourth-order valence-electron chi connectivity index (χ4n) is 2.67. The van der Waals surface area contributed by atoms with Gasteiger partial charge in [-0.2, -0.15) is 18.2 Å². The second-order valence-corrected chi connectivity index (χ2v) is 6.10. The Labute approximate surface area is 146 Å². The van der Waals surface area contributed by atoms with Crippen LogP contribution in [0.4, 0.5) is 13.2 Å². The second kappa shape index (κ2) is 5.93. The number of rotatable bonds is 3. The van der Waals surface area contributed by atoms with E-state index >= 15 is 0 Å². The van der Waals surface area contributed by atoms with Crippen molar-refractivity contribution in [1.82, 2.24) is 10.1 Å². The molecule has 1 aromatic heterocycles. The number of ether oxygens (including phenoxy) is 1. The van der Waals surface area contributed by atoms with Gasteiger partial charge < -0.3 is 14.4 Å². The number of halogens is 3.